The number of benzene rings is 2. The minimum absolute atomic E-state index is 0.125. The van der Waals surface area contributed by atoms with E-state index in [2.05, 4.69) is 58.0 Å². The molecule has 3 N–H and O–H groups in total. The number of hydrogen-bond donors (Lipinski definition) is 3. The summed E-state index contributed by atoms with van der Waals surface area (Å²) in [6.07, 6.45) is 2.23. The van der Waals surface area contributed by atoms with Gasteiger partial charge in [-0.1, -0.05) is 65.0 Å². The summed E-state index contributed by atoms with van der Waals surface area (Å²) in [7, 11) is 0. The highest BCUT2D eigenvalue weighted by Crippen LogP contribution is 2.41. The Hall–Kier alpha value is -2.37. The van der Waals surface area contributed by atoms with Crippen molar-refractivity contribution in [1.82, 2.24) is 5.48 Å². The van der Waals surface area contributed by atoms with E-state index in [-0.39, 0.29) is 29.8 Å². The van der Waals surface area contributed by atoms with Crippen LogP contribution >= 0.6 is 0 Å². The van der Waals surface area contributed by atoms with Crippen molar-refractivity contribution in [2.24, 2.45) is 5.41 Å². The van der Waals surface area contributed by atoms with Crippen LogP contribution in [0.15, 0.2) is 36.4 Å². The number of nitrogens with one attached hydrogen (secondary N) is 1. The van der Waals surface area contributed by atoms with E-state index in [9.17, 15) is 9.90 Å². The Labute approximate surface area is 199 Å². The van der Waals surface area contributed by atoms with E-state index >= 15 is 0 Å². The number of rotatable bonds is 10. The van der Waals surface area contributed by atoms with Crippen LogP contribution < -0.4 is 10.2 Å². The molecule has 0 spiro atoms. The number of aryl methyl sites for hydroxylation is 3. The molecule has 0 fully saturated rings. The van der Waals surface area contributed by atoms with E-state index in [1.54, 1.807) is 5.48 Å². The minimum Gasteiger partial charge on any atom is -0.491 e. The van der Waals surface area contributed by atoms with Crippen LogP contribution in [0.4, 0.5) is 0 Å². The molecule has 0 heterocycles. The maximum absolute atomic E-state index is 11.4. The molecule has 0 saturated carbocycles. The maximum Gasteiger partial charge on any atom is 0.243 e. The molecule has 2 rings (SSSR count). The first-order chi connectivity index (χ1) is 15.5. The van der Waals surface area contributed by atoms with Crippen molar-refractivity contribution < 1.29 is 19.8 Å². The number of carbonyl (C=O) groups is 1. The van der Waals surface area contributed by atoms with Gasteiger partial charge in [-0.05, 0) is 72.4 Å². The third-order valence-electron chi connectivity index (χ3n) is 6.97. The molecule has 0 bridgehead atoms. The summed E-state index contributed by atoms with van der Waals surface area (Å²) >= 11 is 0. The fourth-order valence-electron chi connectivity index (χ4n) is 4.34. The van der Waals surface area contributed by atoms with Gasteiger partial charge in [0.25, 0.3) is 0 Å². The Balaban J connectivity index is 2.32. The minimum atomic E-state index is -0.535. The Morgan fingerprint density at radius 2 is 1.58 bits per heavy atom. The van der Waals surface area contributed by atoms with Gasteiger partial charge in [0.05, 0.1) is 6.10 Å². The van der Waals surface area contributed by atoms with Crippen molar-refractivity contribution in [3.8, 4) is 5.75 Å². The quantitative estimate of drug-likeness (QED) is 0.320. The molecular formula is C28H41NO4. The van der Waals surface area contributed by atoms with E-state index in [1.165, 1.54) is 11.1 Å². The van der Waals surface area contributed by atoms with Crippen LogP contribution in [0.5, 0.6) is 5.75 Å². The van der Waals surface area contributed by atoms with Gasteiger partial charge in [-0.25, -0.2) is 5.48 Å². The molecule has 5 nitrogen and oxygen atoms in total. The van der Waals surface area contributed by atoms with Gasteiger partial charge < -0.3 is 9.84 Å². The zero-order valence-electron chi connectivity index (χ0n) is 21.3. The lowest BCUT2D eigenvalue weighted by atomic mass is 9.69. The summed E-state index contributed by atoms with van der Waals surface area (Å²) < 4.78 is 5.96. The highest BCUT2D eigenvalue weighted by molar-refractivity contribution is 5.74. The smallest absolute Gasteiger partial charge is 0.243 e. The van der Waals surface area contributed by atoms with Crippen molar-refractivity contribution >= 4 is 5.91 Å². The van der Waals surface area contributed by atoms with Crippen molar-refractivity contribution in [3.63, 3.8) is 0 Å². The summed E-state index contributed by atoms with van der Waals surface area (Å²) in [6, 6.07) is 12.9. The Bertz CT molecular complexity index is 941. The number of carbonyl (C=O) groups excluding carboxylic acids is 1. The number of amides is 1. The van der Waals surface area contributed by atoms with Crippen LogP contribution in [0.25, 0.3) is 0 Å². The molecule has 33 heavy (non-hydrogen) atoms. The Morgan fingerprint density at radius 1 is 1.00 bits per heavy atom. The Morgan fingerprint density at radius 3 is 2.06 bits per heavy atom. The average Bonchev–Trinajstić information content (AvgIpc) is 2.78. The second-order valence-electron chi connectivity index (χ2n) is 10.1. The molecule has 1 unspecified atom stereocenters. The van der Waals surface area contributed by atoms with Crippen LogP contribution in [0.1, 0.15) is 81.7 Å². The number of aliphatic hydroxyl groups is 1. The van der Waals surface area contributed by atoms with E-state index in [0.29, 0.717) is 6.42 Å². The van der Waals surface area contributed by atoms with E-state index in [0.717, 1.165) is 35.3 Å². The molecule has 0 aromatic heterocycles. The normalized spacial score (nSPS) is 13.0. The highest BCUT2D eigenvalue weighted by Gasteiger charge is 2.31. The first-order valence-electron chi connectivity index (χ1n) is 11.9. The topological polar surface area (TPSA) is 78.8 Å². The van der Waals surface area contributed by atoms with Gasteiger partial charge in [0, 0.05) is 11.8 Å². The number of aliphatic hydroxyl groups excluding tert-OH is 1. The molecule has 0 aliphatic carbocycles. The van der Waals surface area contributed by atoms with E-state index in [1.807, 2.05) is 26.8 Å². The van der Waals surface area contributed by atoms with Crippen LogP contribution in [0, 0.1) is 19.3 Å². The second kappa shape index (κ2) is 11.2. The highest BCUT2D eigenvalue weighted by atomic mass is 16.5. The second-order valence-corrected chi connectivity index (χ2v) is 10.1. The zero-order chi connectivity index (χ0) is 24.8. The fourth-order valence-corrected chi connectivity index (χ4v) is 4.34. The summed E-state index contributed by atoms with van der Waals surface area (Å²) in [5.74, 6) is 0.430. The Kier molecular flexibility index (Phi) is 9.10. The predicted molar refractivity (Wildman–Crippen MR) is 133 cm³/mol. The first-order valence-corrected chi connectivity index (χ1v) is 11.9. The molecule has 0 saturated heterocycles. The van der Waals surface area contributed by atoms with E-state index in [4.69, 9.17) is 9.94 Å². The van der Waals surface area contributed by atoms with Crippen LogP contribution in [-0.2, 0) is 16.6 Å². The zero-order valence-corrected chi connectivity index (χ0v) is 21.3. The summed E-state index contributed by atoms with van der Waals surface area (Å²) in [5.41, 5.74) is 7.18. The summed E-state index contributed by atoms with van der Waals surface area (Å²) in [4.78, 5) is 11.4. The third kappa shape index (κ3) is 6.36. The third-order valence-corrected chi connectivity index (χ3v) is 6.97. The monoisotopic (exact) mass is 455 g/mol. The van der Waals surface area contributed by atoms with Crippen molar-refractivity contribution in [2.75, 3.05) is 6.61 Å². The largest absolute Gasteiger partial charge is 0.491 e. The lowest BCUT2D eigenvalue weighted by Gasteiger charge is -2.34. The average molecular weight is 456 g/mol. The summed E-state index contributed by atoms with van der Waals surface area (Å²) in [5, 5.41) is 19.1. The number of hydrogen-bond acceptors (Lipinski definition) is 4. The molecule has 2 aromatic carbocycles. The van der Waals surface area contributed by atoms with Gasteiger partial charge in [-0.15, -0.1) is 0 Å². The molecular weight excluding hydrogens is 414 g/mol. The molecule has 0 aliphatic heterocycles. The lowest BCUT2D eigenvalue weighted by molar-refractivity contribution is -0.129. The van der Waals surface area contributed by atoms with Gasteiger partial charge in [0.15, 0.2) is 0 Å². The molecule has 182 valence electrons. The molecule has 1 atom stereocenters. The van der Waals surface area contributed by atoms with Gasteiger partial charge in [-0.2, -0.15) is 0 Å². The molecule has 0 radical (unpaired) electrons. The standard InChI is InChI=1S/C28H41NO4/c1-8-28(9-2,22-12-10-21(19(3)16-22)11-15-26(31)29-32)23-13-14-24(20(4)17-23)33-18-25(30)27(5,6)7/h10,12-14,16-17,25,30,32H,8-9,11,15,18H2,1-7H3,(H,29,31). The van der Waals surface area contributed by atoms with Crippen molar-refractivity contribution in [1.29, 1.82) is 0 Å². The van der Waals surface area contributed by atoms with Gasteiger partial charge in [0.1, 0.15) is 12.4 Å². The number of hydroxylamine groups is 1. The van der Waals surface area contributed by atoms with Gasteiger partial charge in [0.2, 0.25) is 5.91 Å². The van der Waals surface area contributed by atoms with Crippen LogP contribution in [0.2, 0.25) is 0 Å². The maximum atomic E-state index is 11.4. The summed E-state index contributed by atoms with van der Waals surface area (Å²) in [6.45, 7) is 14.8. The molecule has 5 heteroatoms. The fraction of sp³-hybridized carbons (Fsp3) is 0.536. The van der Waals surface area contributed by atoms with E-state index < -0.39 is 6.10 Å². The SMILES string of the molecule is CCC(CC)(c1ccc(CCC(=O)NO)c(C)c1)c1ccc(OCC(O)C(C)(C)C)c(C)c1. The molecule has 1 amide bonds. The van der Waals surface area contributed by atoms with Crippen molar-refractivity contribution in [3.05, 3.63) is 64.2 Å². The molecule has 0 aliphatic rings. The lowest BCUT2D eigenvalue weighted by Crippen LogP contribution is -2.32. The number of ether oxygens (including phenoxy) is 1. The first kappa shape index (κ1) is 26.9. The van der Waals surface area contributed by atoms with Crippen LogP contribution in [-0.4, -0.2) is 28.9 Å². The van der Waals surface area contributed by atoms with Crippen molar-refractivity contribution in [2.45, 2.75) is 85.7 Å². The predicted octanol–water partition coefficient (Wildman–Crippen LogP) is 5.63. The van der Waals surface area contributed by atoms with Crippen LogP contribution in [0.3, 0.4) is 0 Å². The molecule has 2 aromatic rings. The van der Waals surface area contributed by atoms with Gasteiger partial charge in [-0.3, -0.25) is 10.0 Å². The van der Waals surface area contributed by atoms with Gasteiger partial charge >= 0.3 is 0 Å².